The van der Waals surface area contributed by atoms with Crippen molar-refractivity contribution >= 4 is 5.91 Å². The van der Waals surface area contributed by atoms with Crippen molar-refractivity contribution in [1.29, 1.82) is 0 Å². The number of nitrogens with one attached hydrogen (secondary N) is 2. The molecule has 1 amide bonds. The second kappa shape index (κ2) is 6.99. The van der Waals surface area contributed by atoms with Crippen LogP contribution in [0.4, 0.5) is 0 Å². The number of para-hydroxylation sites is 2. The molecule has 1 aliphatic heterocycles. The summed E-state index contributed by atoms with van der Waals surface area (Å²) in [6.07, 6.45) is 0.519. The van der Waals surface area contributed by atoms with Crippen LogP contribution in [0.1, 0.15) is 13.3 Å². The summed E-state index contributed by atoms with van der Waals surface area (Å²) in [7, 11) is 0. The predicted molar refractivity (Wildman–Crippen MR) is 72.5 cm³/mol. The van der Waals surface area contributed by atoms with Gasteiger partial charge in [0.1, 0.15) is 6.61 Å². The molecular formula is C14H20N2O3. The maximum Gasteiger partial charge on any atom is 0.264 e. The minimum atomic E-state index is -0.568. The van der Waals surface area contributed by atoms with Gasteiger partial charge in [-0.25, -0.2) is 0 Å². The lowest BCUT2D eigenvalue weighted by Gasteiger charge is -2.25. The van der Waals surface area contributed by atoms with Crippen molar-refractivity contribution in [1.82, 2.24) is 10.6 Å². The first kappa shape index (κ1) is 13.7. The van der Waals surface area contributed by atoms with Crippen molar-refractivity contribution in [2.24, 2.45) is 0 Å². The number of carbonyl (C=O) groups excluding carboxylic acids is 1. The third-order valence-electron chi connectivity index (χ3n) is 2.83. The van der Waals surface area contributed by atoms with E-state index in [0.717, 1.165) is 19.5 Å². The number of benzene rings is 1. The Morgan fingerprint density at radius 2 is 2.05 bits per heavy atom. The van der Waals surface area contributed by atoms with Crippen LogP contribution in [-0.4, -0.2) is 38.3 Å². The van der Waals surface area contributed by atoms with Crippen molar-refractivity contribution in [2.75, 3.05) is 26.2 Å². The molecule has 1 aromatic rings. The molecule has 1 heterocycles. The number of rotatable bonds is 6. The molecule has 0 aromatic heterocycles. The summed E-state index contributed by atoms with van der Waals surface area (Å²) in [6.45, 7) is 4.69. The van der Waals surface area contributed by atoms with Crippen molar-refractivity contribution < 1.29 is 14.3 Å². The van der Waals surface area contributed by atoms with E-state index in [-0.39, 0.29) is 12.5 Å². The molecule has 104 valence electrons. The Morgan fingerprint density at radius 3 is 2.84 bits per heavy atom. The standard InChI is InChI=1S/C14H20N2O3/c1-2-7-15-8-9-16-14(17)13-10-18-11-5-3-4-6-12(11)19-13/h3-6,13,15H,2,7-10H2,1H3,(H,16,17). The number of fused-ring (bicyclic) bond motifs is 1. The largest absolute Gasteiger partial charge is 0.485 e. The van der Waals surface area contributed by atoms with Gasteiger partial charge < -0.3 is 20.1 Å². The van der Waals surface area contributed by atoms with Crippen LogP contribution in [0.2, 0.25) is 0 Å². The van der Waals surface area contributed by atoms with E-state index >= 15 is 0 Å². The molecule has 1 unspecified atom stereocenters. The van der Waals surface area contributed by atoms with E-state index in [4.69, 9.17) is 9.47 Å². The summed E-state index contributed by atoms with van der Waals surface area (Å²) in [6, 6.07) is 7.37. The summed E-state index contributed by atoms with van der Waals surface area (Å²) in [5.74, 6) is 1.18. The van der Waals surface area contributed by atoms with E-state index in [1.54, 1.807) is 6.07 Å². The molecule has 0 saturated carbocycles. The number of hydrogen-bond acceptors (Lipinski definition) is 4. The fraction of sp³-hybridized carbons (Fsp3) is 0.500. The zero-order chi connectivity index (χ0) is 13.5. The number of amides is 1. The van der Waals surface area contributed by atoms with Gasteiger partial charge in [-0.3, -0.25) is 4.79 Å². The zero-order valence-corrected chi connectivity index (χ0v) is 11.1. The monoisotopic (exact) mass is 264 g/mol. The van der Waals surface area contributed by atoms with E-state index in [1.807, 2.05) is 18.2 Å². The fourth-order valence-corrected chi connectivity index (χ4v) is 1.84. The lowest BCUT2D eigenvalue weighted by molar-refractivity contribution is -0.130. The summed E-state index contributed by atoms with van der Waals surface area (Å²) in [5, 5.41) is 6.06. The lowest BCUT2D eigenvalue weighted by atomic mass is 10.2. The maximum absolute atomic E-state index is 11.9. The summed E-state index contributed by atoms with van der Waals surface area (Å²) in [5.41, 5.74) is 0. The van der Waals surface area contributed by atoms with E-state index in [1.165, 1.54) is 0 Å². The Balaban J connectivity index is 1.76. The van der Waals surface area contributed by atoms with Gasteiger partial charge in [-0.2, -0.15) is 0 Å². The fourth-order valence-electron chi connectivity index (χ4n) is 1.84. The Bertz CT molecular complexity index is 423. The van der Waals surface area contributed by atoms with Gasteiger partial charge in [-0.15, -0.1) is 0 Å². The van der Waals surface area contributed by atoms with Crippen LogP contribution in [0.25, 0.3) is 0 Å². The molecule has 0 spiro atoms. The predicted octanol–water partition coefficient (Wildman–Crippen LogP) is 0.942. The SMILES string of the molecule is CCCNCCNC(=O)C1COc2ccccc2O1. The first-order chi connectivity index (χ1) is 9.31. The van der Waals surface area contributed by atoms with Gasteiger partial charge in [0.2, 0.25) is 6.10 Å². The third-order valence-corrected chi connectivity index (χ3v) is 2.83. The normalized spacial score (nSPS) is 17.0. The van der Waals surface area contributed by atoms with Crippen molar-refractivity contribution in [2.45, 2.75) is 19.4 Å². The van der Waals surface area contributed by atoms with Crippen LogP contribution in [-0.2, 0) is 4.79 Å². The molecule has 0 radical (unpaired) electrons. The van der Waals surface area contributed by atoms with Gasteiger partial charge in [0.15, 0.2) is 11.5 Å². The second-order valence-electron chi connectivity index (χ2n) is 4.41. The first-order valence-corrected chi connectivity index (χ1v) is 6.68. The van der Waals surface area contributed by atoms with Gasteiger partial charge >= 0.3 is 0 Å². The van der Waals surface area contributed by atoms with E-state index in [0.29, 0.717) is 18.0 Å². The minimum absolute atomic E-state index is 0.132. The van der Waals surface area contributed by atoms with Crippen LogP contribution in [0.5, 0.6) is 11.5 Å². The number of carbonyl (C=O) groups is 1. The summed E-state index contributed by atoms with van der Waals surface area (Å²) < 4.78 is 11.1. The van der Waals surface area contributed by atoms with E-state index in [2.05, 4.69) is 17.6 Å². The third kappa shape index (κ3) is 3.86. The Hall–Kier alpha value is -1.75. The summed E-state index contributed by atoms with van der Waals surface area (Å²) >= 11 is 0. The lowest BCUT2D eigenvalue weighted by Crippen LogP contribution is -2.45. The van der Waals surface area contributed by atoms with Crippen LogP contribution >= 0.6 is 0 Å². The van der Waals surface area contributed by atoms with Gasteiger partial charge in [0.25, 0.3) is 5.91 Å². The van der Waals surface area contributed by atoms with E-state index < -0.39 is 6.10 Å². The molecule has 1 aliphatic rings. The quantitative estimate of drug-likeness (QED) is 0.751. The topological polar surface area (TPSA) is 59.6 Å². The van der Waals surface area contributed by atoms with Crippen LogP contribution in [0.15, 0.2) is 24.3 Å². The number of hydrogen-bond donors (Lipinski definition) is 2. The molecule has 5 nitrogen and oxygen atoms in total. The van der Waals surface area contributed by atoms with Crippen molar-refractivity contribution in [3.63, 3.8) is 0 Å². The van der Waals surface area contributed by atoms with E-state index in [9.17, 15) is 4.79 Å². The molecule has 2 N–H and O–H groups in total. The van der Waals surface area contributed by atoms with Gasteiger partial charge in [0.05, 0.1) is 0 Å². The smallest absolute Gasteiger partial charge is 0.264 e. The highest BCUT2D eigenvalue weighted by Crippen LogP contribution is 2.30. The molecule has 1 atom stereocenters. The number of ether oxygens (including phenoxy) is 2. The Morgan fingerprint density at radius 1 is 1.26 bits per heavy atom. The highest BCUT2D eigenvalue weighted by molar-refractivity contribution is 5.81. The molecule has 5 heteroatoms. The van der Waals surface area contributed by atoms with Gasteiger partial charge in [0, 0.05) is 13.1 Å². The van der Waals surface area contributed by atoms with Crippen molar-refractivity contribution in [3.8, 4) is 11.5 Å². The molecule has 2 rings (SSSR count). The highest BCUT2D eigenvalue weighted by atomic mass is 16.6. The highest BCUT2D eigenvalue weighted by Gasteiger charge is 2.26. The second-order valence-corrected chi connectivity index (χ2v) is 4.41. The molecular weight excluding hydrogens is 244 g/mol. The molecule has 0 bridgehead atoms. The van der Waals surface area contributed by atoms with Gasteiger partial charge in [-0.1, -0.05) is 19.1 Å². The molecule has 19 heavy (non-hydrogen) atoms. The van der Waals surface area contributed by atoms with Gasteiger partial charge in [-0.05, 0) is 25.1 Å². The molecule has 1 aromatic carbocycles. The van der Waals surface area contributed by atoms with Crippen molar-refractivity contribution in [3.05, 3.63) is 24.3 Å². The van der Waals surface area contributed by atoms with Crippen LogP contribution < -0.4 is 20.1 Å². The minimum Gasteiger partial charge on any atom is -0.485 e. The van der Waals surface area contributed by atoms with Crippen LogP contribution in [0.3, 0.4) is 0 Å². The Kier molecular flexibility index (Phi) is 5.03. The van der Waals surface area contributed by atoms with Crippen LogP contribution in [0, 0.1) is 0 Å². The average molecular weight is 264 g/mol. The molecule has 0 saturated heterocycles. The first-order valence-electron chi connectivity index (χ1n) is 6.68. The molecule has 0 aliphatic carbocycles. The molecule has 0 fully saturated rings. The maximum atomic E-state index is 11.9. The zero-order valence-electron chi connectivity index (χ0n) is 11.1. The Labute approximate surface area is 113 Å². The average Bonchev–Trinajstić information content (AvgIpc) is 2.46. The summed E-state index contributed by atoms with van der Waals surface area (Å²) in [4.78, 5) is 11.9.